The van der Waals surface area contributed by atoms with E-state index in [2.05, 4.69) is 10.3 Å². The molecule has 0 bridgehead atoms. The van der Waals surface area contributed by atoms with Crippen molar-refractivity contribution in [2.45, 2.75) is 20.3 Å². The smallest absolute Gasteiger partial charge is 0.321 e. The molecule has 7 heteroatoms. The Morgan fingerprint density at radius 1 is 1.50 bits per heavy atom. The van der Waals surface area contributed by atoms with E-state index in [-0.39, 0.29) is 13.0 Å². The highest BCUT2D eigenvalue weighted by atomic mass is 16.5. The SMILES string of the molecule is CCOc1ncc(C)cc1NC(=O)N(C)CCC(=O)O. The molecule has 0 aliphatic carbocycles. The summed E-state index contributed by atoms with van der Waals surface area (Å²) in [6.07, 6.45) is 1.54. The van der Waals surface area contributed by atoms with E-state index >= 15 is 0 Å². The van der Waals surface area contributed by atoms with Gasteiger partial charge in [-0.15, -0.1) is 0 Å². The molecule has 0 atom stereocenters. The number of carbonyl (C=O) groups is 2. The van der Waals surface area contributed by atoms with Crippen molar-refractivity contribution in [2.24, 2.45) is 0 Å². The molecule has 0 saturated carbocycles. The highest BCUT2D eigenvalue weighted by Crippen LogP contribution is 2.22. The average Bonchev–Trinajstić information content (AvgIpc) is 2.39. The van der Waals surface area contributed by atoms with E-state index < -0.39 is 12.0 Å². The van der Waals surface area contributed by atoms with Gasteiger partial charge in [0.1, 0.15) is 5.69 Å². The summed E-state index contributed by atoms with van der Waals surface area (Å²) in [5.74, 6) is -0.602. The molecule has 0 fully saturated rings. The van der Waals surface area contributed by atoms with Gasteiger partial charge in [-0.25, -0.2) is 9.78 Å². The third-order valence-electron chi connectivity index (χ3n) is 2.52. The molecule has 110 valence electrons. The molecule has 2 amide bonds. The molecule has 1 heterocycles. The van der Waals surface area contributed by atoms with Crippen molar-refractivity contribution < 1.29 is 19.4 Å². The van der Waals surface area contributed by atoms with Crippen LogP contribution in [-0.2, 0) is 4.79 Å². The maximum absolute atomic E-state index is 11.9. The molecule has 0 radical (unpaired) electrons. The second-order valence-electron chi connectivity index (χ2n) is 4.29. The Morgan fingerprint density at radius 2 is 2.20 bits per heavy atom. The number of anilines is 1. The van der Waals surface area contributed by atoms with Gasteiger partial charge in [-0.1, -0.05) is 0 Å². The number of carboxylic acids is 1. The van der Waals surface area contributed by atoms with Crippen molar-refractivity contribution in [1.82, 2.24) is 9.88 Å². The van der Waals surface area contributed by atoms with Crippen LogP contribution in [0, 0.1) is 6.92 Å². The van der Waals surface area contributed by atoms with Crippen LogP contribution in [0.2, 0.25) is 0 Å². The van der Waals surface area contributed by atoms with Crippen LogP contribution < -0.4 is 10.1 Å². The fourth-order valence-corrected chi connectivity index (χ4v) is 1.47. The first-order valence-electron chi connectivity index (χ1n) is 6.27. The van der Waals surface area contributed by atoms with E-state index in [1.165, 1.54) is 11.9 Å². The lowest BCUT2D eigenvalue weighted by Gasteiger charge is -2.18. The number of pyridine rings is 1. The third kappa shape index (κ3) is 4.75. The number of nitrogens with one attached hydrogen (secondary N) is 1. The van der Waals surface area contributed by atoms with Gasteiger partial charge in [-0.2, -0.15) is 0 Å². The molecule has 1 rings (SSSR count). The van der Waals surface area contributed by atoms with Crippen LogP contribution in [-0.4, -0.2) is 47.2 Å². The number of ether oxygens (including phenoxy) is 1. The molecule has 1 aromatic heterocycles. The highest BCUT2D eigenvalue weighted by molar-refractivity contribution is 5.90. The zero-order valence-electron chi connectivity index (χ0n) is 11.8. The fraction of sp³-hybridized carbons (Fsp3) is 0.462. The lowest BCUT2D eigenvalue weighted by molar-refractivity contribution is -0.137. The normalized spacial score (nSPS) is 9.95. The van der Waals surface area contributed by atoms with Crippen LogP contribution in [0.15, 0.2) is 12.3 Å². The largest absolute Gasteiger partial charge is 0.481 e. The Balaban J connectivity index is 2.73. The Labute approximate surface area is 117 Å². The van der Waals surface area contributed by atoms with Gasteiger partial charge in [-0.3, -0.25) is 4.79 Å². The minimum atomic E-state index is -0.947. The number of urea groups is 1. The van der Waals surface area contributed by atoms with E-state index in [4.69, 9.17) is 9.84 Å². The number of nitrogens with zero attached hydrogens (tertiary/aromatic N) is 2. The molecule has 20 heavy (non-hydrogen) atoms. The molecule has 7 nitrogen and oxygen atoms in total. The predicted molar refractivity (Wildman–Crippen MR) is 74.0 cm³/mol. The van der Waals surface area contributed by atoms with Gasteiger partial charge in [0.05, 0.1) is 13.0 Å². The Hall–Kier alpha value is -2.31. The molecular formula is C13H19N3O4. The molecule has 0 unspecified atom stereocenters. The molecule has 0 saturated heterocycles. The summed E-state index contributed by atoms with van der Waals surface area (Å²) in [7, 11) is 1.53. The lowest BCUT2D eigenvalue weighted by Crippen LogP contribution is -2.33. The van der Waals surface area contributed by atoms with Crippen molar-refractivity contribution in [1.29, 1.82) is 0 Å². The zero-order chi connectivity index (χ0) is 15.1. The molecule has 0 aliphatic heterocycles. The number of carbonyl (C=O) groups excluding carboxylic acids is 1. The van der Waals surface area contributed by atoms with E-state index in [0.717, 1.165) is 5.56 Å². The second kappa shape index (κ2) is 7.32. The number of hydrogen-bond acceptors (Lipinski definition) is 4. The van der Waals surface area contributed by atoms with E-state index in [0.29, 0.717) is 18.2 Å². The predicted octanol–water partition coefficient (Wildman–Crippen LogP) is 1.73. The number of amides is 2. The van der Waals surface area contributed by atoms with Gasteiger partial charge >= 0.3 is 12.0 Å². The molecule has 1 aromatic rings. The summed E-state index contributed by atoms with van der Waals surface area (Å²) in [5.41, 5.74) is 1.36. The van der Waals surface area contributed by atoms with Crippen molar-refractivity contribution >= 4 is 17.7 Å². The molecule has 0 spiro atoms. The first kappa shape index (κ1) is 15.7. The summed E-state index contributed by atoms with van der Waals surface area (Å²) in [4.78, 5) is 27.8. The van der Waals surface area contributed by atoms with Crippen molar-refractivity contribution in [2.75, 3.05) is 25.5 Å². The quantitative estimate of drug-likeness (QED) is 0.828. The van der Waals surface area contributed by atoms with Crippen LogP contribution in [0.1, 0.15) is 18.9 Å². The number of aromatic nitrogens is 1. The highest BCUT2D eigenvalue weighted by Gasteiger charge is 2.14. The monoisotopic (exact) mass is 281 g/mol. The Morgan fingerprint density at radius 3 is 2.80 bits per heavy atom. The lowest BCUT2D eigenvalue weighted by atomic mass is 10.3. The minimum absolute atomic E-state index is 0.103. The Bertz CT molecular complexity index is 491. The van der Waals surface area contributed by atoms with Crippen LogP contribution in [0.3, 0.4) is 0 Å². The van der Waals surface area contributed by atoms with Gasteiger partial charge in [0.2, 0.25) is 5.88 Å². The van der Waals surface area contributed by atoms with Crippen LogP contribution in [0.25, 0.3) is 0 Å². The van der Waals surface area contributed by atoms with Crippen molar-refractivity contribution in [3.8, 4) is 5.88 Å². The van der Waals surface area contributed by atoms with Crippen molar-refractivity contribution in [3.63, 3.8) is 0 Å². The van der Waals surface area contributed by atoms with Crippen molar-refractivity contribution in [3.05, 3.63) is 17.8 Å². The van der Waals surface area contributed by atoms with Gasteiger partial charge in [0.25, 0.3) is 0 Å². The number of carboxylic acid groups (broad SMARTS) is 1. The van der Waals surface area contributed by atoms with Crippen LogP contribution in [0.5, 0.6) is 5.88 Å². The number of rotatable bonds is 6. The van der Waals surface area contributed by atoms with Crippen LogP contribution in [0.4, 0.5) is 10.5 Å². The number of aliphatic carboxylic acids is 1. The molecule has 2 N–H and O–H groups in total. The fourth-order valence-electron chi connectivity index (χ4n) is 1.47. The molecule has 0 aromatic carbocycles. The van der Waals surface area contributed by atoms with Gasteiger partial charge in [0.15, 0.2) is 0 Å². The number of aryl methyl sites for hydroxylation is 1. The summed E-state index contributed by atoms with van der Waals surface area (Å²) in [5, 5.41) is 11.3. The summed E-state index contributed by atoms with van der Waals surface area (Å²) in [6, 6.07) is 1.35. The Kier molecular flexibility index (Phi) is 5.76. The summed E-state index contributed by atoms with van der Waals surface area (Å²) < 4.78 is 5.33. The van der Waals surface area contributed by atoms with Gasteiger partial charge in [0, 0.05) is 19.8 Å². The van der Waals surface area contributed by atoms with Gasteiger partial charge < -0.3 is 20.1 Å². The van der Waals surface area contributed by atoms with E-state index in [9.17, 15) is 9.59 Å². The third-order valence-corrected chi connectivity index (χ3v) is 2.52. The van der Waals surface area contributed by atoms with Crippen LogP contribution >= 0.6 is 0 Å². The summed E-state index contributed by atoms with van der Waals surface area (Å²) >= 11 is 0. The molecule has 0 aliphatic rings. The number of hydrogen-bond donors (Lipinski definition) is 2. The van der Waals surface area contributed by atoms with E-state index in [1.54, 1.807) is 12.3 Å². The average molecular weight is 281 g/mol. The summed E-state index contributed by atoms with van der Waals surface area (Å²) in [6.45, 7) is 4.25. The minimum Gasteiger partial charge on any atom is -0.481 e. The second-order valence-corrected chi connectivity index (χ2v) is 4.29. The maximum atomic E-state index is 11.9. The first-order chi connectivity index (χ1) is 9.43. The topological polar surface area (TPSA) is 91.8 Å². The van der Waals surface area contributed by atoms with Gasteiger partial charge in [-0.05, 0) is 25.5 Å². The van der Waals surface area contributed by atoms with E-state index in [1.807, 2.05) is 13.8 Å². The first-order valence-corrected chi connectivity index (χ1v) is 6.27. The molecular weight excluding hydrogens is 262 g/mol. The zero-order valence-corrected chi connectivity index (χ0v) is 11.8. The maximum Gasteiger partial charge on any atom is 0.321 e. The standard InChI is InChI=1S/C13H19N3O4/c1-4-20-12-10(7-9(2)8-14-12)15-13(19)16(3)6-5-11(17)18/h7-8H,4-6H2,1-3H3,(H,15,19)(H,17,18).